The molecule has 0 amide bonds. The van der Waals surface area contributed by atoms with Gasteiger partial charge in [0, 0.05) is 0 Å². The van der Waals surface area contributed by atoms with Gasteiger partial charge in [-0.25, -0.2) is 8.78 Å². The molecule has 0 aromatic heterocycles. The number of hydrogen-bond donors (Lipinski definition) is 0. The summed E-state index contributed by atoms with van der Waals surface area (Å²) in [7, 11) is 0. The zero-order chi connectivity index (χ0) is 18.1. The molecule has 136 valence electrons. The quantitative estimate of drug-likeness (QED) is 0.455. The second-order valence-electron chi connectivity index (χ2n) is 6.51. The van der Waals surface area contributed by atoms with Crippen LogP contribution in [0, 0.1) is 5.92 Å². The Bertz CT molecular complexity index is 654. The number of benzene rings is 2. The average Bonchev–Trinajstić information content (AvgIpc) is 2.67. The largest absolute Gasteiger partial charge is 0.493 e. The molecule has 1 unspecified atom stereocenters. The first-order valence-corrected chi connectivity index (χ1v) is 9.18. The normalized spacial score (nSPS) is 12.2. The van der Waals surface area contributed by atoms with E-state index in [-0.39, 0.29) is 0 Å². The van der Waals surface area contributed by atoms with Crippen LogP contribution in [0.3, 0.4) is 0 Å². The predicted molar refractivity (Wildman–Crippen MR) is 100 cm³/mol. The van der Waals surface area contributed by atoms with E-state index in [0.29, 0.717) is 23.7 Å². The van der Waals surface area contributed by atoms with Crippen LogP contribution in [0.25, 0.3) is 11.1 Å². The van der Waals surface area contributed by atoms with Gasteiger partial charge in [-0.2, -0.15) is 0 Å². The fraction of sp³-hybridized carbons (Fsp3) is 0.455. The summed E-state index contributed by atoms with van der Waals surface area (Å²) in [5.74, 6) is 1.34. The molecule has 0 aliphatic carbocycles. The molecule has 25 heavy (non-hydrogen) atoms. The molecular weight excluding hydrogens is 318 g/mol. The van der Waals surface area contributed by atoms with E-state index in [1.165, 1.54) is 19.3 Å². The highest BCUT2D eigenvalue weighted by Crippen LogP contribution is 2.29. The highest BCUT2D eigenvalue weighted by molar-refractivity contribution is 5.69. The molecule has 1 nitrogen and oxygen atoms in total. The number of ether oxygens (including phenoxy) is 1. The lowest BCUT2D eigenvalue weighted by atomic mass is 9.98. The second kappa shape index (κ2) is 10.2. The molecule has 2 rings (SSSR count). The van der Waals surface area contributed by atoms with Crippen molar-refractivity contribution in [1.29, 1.82) is 0 Å². The number of alkyl halides is 2. The van der Waals surface area contributed by atoms with Crippen molar-refractivity contribution >= 4 is 0 Å². The van der Waals surface area contributed by atoms with Gasteiger partial charge in [-0.05, 0) is 52.8 Å². The summed E-state index contributed by atoms with van der Waals surface area (Å²) in [5, 5.41) is 0. The molecule has 0 saturated carbocycles. The Morgan fingerprint density at radius 2 is 1.84 bits per heavy atom. The third-order valence-corrected chi connectivity index (χ3v) is 4.65. The Morgan fingerprint density at radius 3 is 2.52 bits per heavy atom. The molecular formula is C22H28F2O. The number of rotatable bonds is 10. The van der Waals surface area contributed by atoms with Crippen molar-refractivity contribution in [1.82, 2.24) is 0 Å². The fourth-order valence-corrected chi connectivity index (χ4v) is 2.96. The minimum atomic E-state index is -0.568. The van der Waals surface area contributed by atoms with Crippen molar-refractivity contribution in [3.05, 3.63) is 53.6 Å². The molecule has 0 radical (unpaired) electrons. The lowest BCUT2D eigenvalue weighted by Gasteiger charge is -2.16. The van der Waals surface area contributed by atoms with Gasteiger partial charge in [-0.3, -0.25) is 0 Å². The molecule has 2 aromatic rings. The molecule has 0 aliphatic heterocycles. The first-order chi connectivity index (χ1) is 12.2. The lowest BCUT2D eigenvalue weighted by molar-refractivity contribution is 0.233. The van der Waals surface area contributed by atoms with Gasteiger partial charge in [-0.1, -0.05) is 57.4 Å². The SMILES string of the molecule is CCCCC(CC)COc1cccc(-c2cc(CF)ccc2CF)c1. The number of unbranched alkanes of at least 4 members (excludes halogenated alkanes) is 1. The van der Waals surface area contributed by atoms with Gasteiger partial charge in [0.05, 0.1) is 6.61 Å². The van der Waals surface area contributed by atoms with Crippen molar-refractivity contribution in [2.75, 3.05) is 6.61 Å². The van der Waals surface area contributed by atoms with Crippen molar-refractivity contribution in [3.63, 3.8) is 0 Å². The Labute approximate surface area is 150 Å². The molecule has 0 bridgehead atoms. The Hall–Kier alpha value is -1.90. The minimum absolute atomic E-state index is 0.550. The van der Waals surface area contributed by atoms with Crippen LogP contribution in [0.4, 0.5) is 8.78 Å². The second-order valence-corrected chi connectivity index (χ2v) is 6.51. The van der Waals surface area contributed by atoms with E-state index in [9.17, 15) is 8.78 Å². The van der Waals surface area contributed by atoms with E-state index in [0.717, 1.165) is 23.3 Å². The van der Waals surface area contributed by atoms with Crippen LogP contribution in [0.15, 0.2) is 42.5 Å². The number of halogens is 2. The highest BCUT2D eigenvalue weighted by atomic mass is 19.1. The van der Waals surface area contributed by atoms with Gasteiger partial charge in [0.2, 0.25) is 0 Å². The van der Waals surface area contributed by atoms with Gasteiger partial charge in [0.25, 0.3) is 0 Å². The monoisotopic (exact) mass is 346 g/mol. The summed E-state index contributed by atoms with van der Waals surface area (Å²) in [6.07, 6.45) is 4.70. The first kappa shape index (κ1) is 19.4. The van der Waals surface area contributed by atoms with E-state index in [1.54, 1.807) is 18.2 Å². The van der Waals surface area contributed by atoms with Crippen molar-refractivity contribution in [2.45, 2.75) is 52.9 Å². The van der Waals surface area contributed by atoms with E-state index >= 15 is 0 Å². The van der Waals surface area contributed by atoms with E-state index in [1.807, 2.05) is 24.3 Å². The minimum Gasteiger partial charge on any atom is -0.493 e. The van der Waals surface area contributed by atoms with Gasteiger partial charge in [0.15, 0.2) is 0 Å². The maximum atomic E-state index is 13.3. The summed E-state index contributed by atoms with van der Waals surface area (Å²) in [5.41, 5.74) is 2.73. The van der Waals surface area contributed by atoms with Crippen LogP contribution in [0.2, 0.25) is 0 Å². The molecule has 3 heteroatoms. The molecule has 2 aromatic carbocycles. The highest BCUT2D eigenvalue weighted by Gasteiger charge is 2.10. The van der Waals surface area contributed by atoms with Crippen LogP contribution >= 0.6 is 0 Å². The van der Waals surface area contributed by atoms with Crippen LogP contribution < -0.4 is 4.74 Å². The topological polar surface area (TPSA) is 9.23 Å². The summed E-state index contributed by atoms with van der Waals surface area (Å²) >= 11 is 0. The molecule has 1 atom stereocenters. The average molecular weight is 346 g/mol. The van der Waals surface area contributed by atoms with Crippen molar-refractivity contribution in [3.8, 4) is 16.9 Å². The smallest absolute Gasteiger partial charge is 0.119 e. The van der Waals surface area contributed by atoms with Crippen LogP contribution in [0.5, 0.6) is 5.75 Å². The third-order valence-electron chi connectivity index (χ3n) is 4.65. The maximum absolute atomic E-state index is 13.3. The Kier molecular flexibility index (Phi) is 7.90. The predicted octanol–water partition coefficient (Wildman–Crippen LogP) is 6.89. The summed E-state index contributed by atoms with van der Waals surface area (Å²) in [4.78, 5) is 0. The van der Waals surface area contributed by atoms with Crippen LogP contribution in [0.1, 0.15) is 50.7 Å². The zero-order valence-electron chi connectivity index (χ0n) is 15.2. The number of hydrogen-bond acceptors (Lipinski definition) is 1. The lowest BCUT2D eigenvalue weighted by Crippen LogP contribution is -2.11. The molecule has 0 heterocycles. The van der Waals surface area contributed by atoms with Crippen molar-refractivity contribution in [2.24, 2.45) is 5.92 Å². The van der Waals surface area contributed by atoms with Gasteiger partial charge >= 0.3 is 0 Å². The maximum Gasteiger partial charge on any atom is 0.119 e. The van der Waals surface area contributed by atoms with Crippen LogP contribution in [-0.4, -0.2) is 6.61 Å². The summed E-state index contributed by atoms with van der Waals surface area (Å²) in [6.45, 7) is 3.97. The Morgan fingerprint density at radius 1 is 1.00 bits per heavy atom. The van der Waals surface area contributed by atoms with E-state index < -0.39 is 13.3 Å². The fourth-order valence-electron chi connectivity index (χ4n) is 2.96. The summed E-state index contributed by atoms with van der Waals surface area (Å²) < 4.78 is 32.2. The first-order valence-electron chi connectivity index (χ1n) is 9.18. The molecule has 0 saturated heterocycles. The van der Waals surface area contributed by atoms with Gasteiger partial charge in [0.1, 0.15) is 19.1 Å². The van der Waals surface area contributed by atoms with Crippen molar-refractivity contribution < 1.29 is 13.5 Å². The zero-order valence-corrected chi connectivity index (χ0v) is 15.2. The van der Waals surface area contributed by atoms with E-state index in [2.05, 4.69) is 13.8 Å². The standard InChI is InChI=1S/C22H28F2O/c1-3-5-7-17(4-2)16-25-21-9-6-8-19(13-21)22-12-18(14-23)10-11-20(22)15-24/h6,8-13,17H,3-5,7,14-16H2,1-2H3. The third kappa shape index (κ3) is 5.55. The van der Waals surface area contributed by atoms with E-state index in [4.69, 9.17) is 4.74 Å². The van der Waals surface area contributed by atoms with Gasteiger partial charge < -0.3 is 4.74 Å². The van der Waals surface area contributed by atoms with Crippen LogP contribution in [-0.2, 0) is 13.3 Å². The molecule has 0 N–H and O–H groups in total. The molecule has 0 fully saturated rings. The Balaban J connectivity index is 2.16. The summed E-state index contributed by atoms with van der Waals surface area (Å²) in [6, 6.07) is 12.7. The molecule has 0 aliphatic rings. The molecule has 0 spiro atoms. The van der Waals surface area contributed by atoms with Gasteiger partial charge in [-0.15, -0.1) is 0 Å².